The van der Waals surface area contributed by atoms with Crippen LogP contribution < -0.4 is 0 Å². The Morgan fingerprint density at radius 2 is 1.76 bits per heavy atom. The van der Waals surface area contributed by atoms with Gasteiger partial charge in [-0.25, -0.2) is 4.39 Å². The summed E-state index contributed by atoms with van der Waals surface area (Å²) in [4.78, 5) is 6.06. The van der Waals surface area contributed by atoms with Crippen LogP contribution in [-0.2, 0) is 0 Å². The van der Waals surface area contributed by atoms with Gasteiger partial charge in [-0.2, -0.15) is 0 Å². The van der Waals surface area contributed by atoms with E-state index in [0.717, 1.165) is 9.79 Å². The van der Waals surface area contributed by atoms with Gasteiger partial charge in [0.15, 0.2) is 0 Å². The molecule has 0 unspecified atom stereocenters. The number of benzene rings is 1. The molecular formula is C13H12FNOS. The standard InChI is InChI=1S/C13H12FNOS/c1-9(16)13-7-6-12(8-15-13)17-11-4-2-10(14)3-5-11/h2-9,16H,1H3/t9-/m0/s1. The molecule has 17 heavy (non-hydrogen) atoms. The fraction of sp³-hybridized carbons (Fsp3) is 0.154. The van der Waals surface area contributed by atoms with Crippen molar-refractivity contribution in [3.63, 3.8) is 0 Å². The van der Waals surface area contributed by atoms with Gasteiger partial charge >= 0.3 is 0 Å². The van der Waals surface area contributed by atoms with Gasteiger partial charge in [0.2, 0.25) is 0 Å². The van der Waals surface area contributed by atoms with Gasteiger partial charge in [-0.3, -0.25) is 4.98 Å². The molecule has 0 aliphatic heterocycles. The number of nitrogens with zero attached hydrogens (tertiary/aromatic N) is 1. The van der Waals surface area contributed by atoms with Crippen molar-refractivity contribution < 1.29 is 9.50 Å². The molecular weight excluding hydrogens is 237 g/mol. The smallest absolute Gasteiger partial charge is 0.123 e. The van der Waals surface area contributed by atoms with E-state index in [-0.39, 0.29) is 5.82 Å². The van der Waals surface area contributed by atoms with Crippen LogP contribution in [0.4, 0.5) is 4.39 Å². The Bertz CT molecular complexity index is 482. The highest BCUT2D eigenvalue weighted by atomic mass is 32.2. The third-order valence-electron chi connectivity index (χ3n) is 2.24. The van der Waals surface area contributed by atoms with Crippen molar-refractivity contribution in [3.05, 3.63) is 54.1 Å². The van der Waals surface area contributed by atoms with Crippen LogP contribution in [0.15, 0.2) is 52.4 Å². The molecule has 88 valence electrons. The fourth-order valence-corrected chi connectivity index (χ4v) is 2.12. The first kappa shape index (κ1) is 12.1. The molecule has 4 heteroatoms. The molecule has 2 nitrogen and oxygen atoms in total. The highest BCUT2D eigenvalue weighted by molar-refractivity contribution is 7.99. The maximum atomic E-state index is 12.7. The quantitative estimate of drug-likeness (QED) is 0.904. The third-order valence-corrected chi connectivity index (χ3v) is 3.22. The van der Waals surface area contributed by atoms with Crippen LogP contribution in [-0.4, -0.2) is 10.1 Å². The first-order valence-corrected chi connectivity index (χ1v) is 6.04. The van der Waals surface area contributed by atoms with Crippen molar-refractivity contribution in [2.45, 2.75) is 22.8 Å². The molecule has 1 aromatic carbocycles. The summed E-state index contributed by atoms with van der Waals surface area (Å²) in [5.41, 5.74) is 0.647. The maximum absolute atomic E-state index is 12.7. The normalized spacial score (nSPS) is 12.4. The molecule has 0 bridgehead atoms. The summed E-state index contributed by atoms with van der Waals surface area (Å²) in [5.74, 6) is -0.239. The summed E-state index contributed by atoms with van der Waals surface area (Å²) in [6.07, 6.45) is 1.15. The SMILES string of the molecule is C[C@H](O)c1ccc(Sc2ccc(F)cc2)cn1. The van der Waals surface area contributed by atoms with Crippen LogP contribution in [0.3, 0.4) is 0 Å². The Morgan fingerprint density at radius 3 is 2.29 bits per heavy atom. The lowest BCUT2D eigenvalue weighted by Gasteiger charge is -2.05. The van der Waals surface area contributed by atoms with E-state index in [9.17, 15) is 9.50 Å². The van der Waals surface area contributed by atoms with Crippen molar-refractivity contribution >= 4 is 11.8 Å². The minimum Gasteiger partial charge on any atom is -0.387 e. The zero-order valence-corrected chi connectivity index (χ0v) is 10.1. The van der Waals surface area contributed by atoms with Gasteiger partial charge in [-0.15, -0.1) is 0 Å². The summed E-state index contributed by atoms with van der Waals surface area (Å²) in [5, 5.41) is 9.32. The average molecular weight is 249 g/mol. The molecule has 0 saturated carbocycles. The highest BCUT2D eigenvalue weighted by Gasteiger charge is 2.03. The van der Waals surface area contributed by atoms with Crippen LogP contribution in [0, 0.1) is 5.82 Å². The van der Waals surface area contributed by atoms with Crippen LogP contribution in [0.25, 0.3) is 0 Å². The minimum atomic E-state index is -0.556. The summed E-state index contributed by atoms with van der Waals surface area (Å²) in [6, 6.07) is 9.99. The Hall–Kier alpha value is -1.39. The van der Waals surface area contributed by atoms with Gasteiger partial charge in [0.25, 0.3) is 0 Å². The molecule has 2 rings (SSSR count). The lowest BCUT2D eigenvalue weighted by molar-refractivity contribution is 0.194. The Morgan fingerprint density at radius 1 is 1.12 bits per heavy atom. The third kappa shape index (κ3) is 3.28. The number of aliphatic hydroxyl groups is 1. The molecule has 0 fully saturated rings. The van der Waals surface area contributed by atoms with Crippen molar-refractivity contribution in [3.8, 4) is 0 Å². The summed E-state index contributed by atoms with van der Waals surface area (Å²) in [6.45, 7) is 1.68. The number of aliphatic hydroxyl groups excluding tert-OH is 1. The summed E-state index contributed by atoms with van der Waals surface area (Å²) < 4.78 is 12.7. The van der Waals surface area contributed by atoms with Crippen LogP contribution >= 0.6 is 11.8 Å². The van der Waals surface area contributed by atoms with E-state index in [1.165, 1.54) is 23.9 Å². The van der Waals surface area contributed by atoms with Gasteiger partial charge in [-0.05, 0) is 43.3 Å². The predicted molar refractivity (Wildman–Crippen MR) is 65.4 cm³/mol. The molecule has 1 N–H and O–H groups in total. The van der Waals surface area contributed by atoms with Gasteiger partial charge in [0, 0.05) is 16.0 Å². The Balaban J connectivity index is 2.11. The molecule has 0 saturated heterocycles. The van der Waals surface area contributed by atoms with E-state index >= 15 is 0 Å². The fourth-order valence-electron chi connectivity index (χ4n) is 1.34. The zero-order chi connectivity index (χ0) is 12.3. The second-order valence-electron chi connectivity index (χ2n) is 3.65. The number of rotatable bonds is 3. The second kappa shape index (κ2) is 5.29. The molecule has 0 aliphatic rings. The molecule has 0 spiro atoms. The van der Waals surface area contributed by atoms with Crippen molar-refractivity contribution in [2.24, 2.45) is 0 Å². The number of hydrogen-bond acceptors (Lipinski definition) is 3. The first-order chi connectivity index (χ1) is 8.15. The predicted octanol–water partition coefficient (Wildman–Crippen LogP) is 3.43. The molecule has 0 amide bonds. The second-order valence-corrected chi connectivity index (χ2v) is 4.80. The molecule has 1 atom stereocenters. The van der Waals surface area contributed by atoms with Gasteiger partial charge in [0.05, 0.1) is 11.8 Å². The molecule has 2 aromatic rings. The van der Waals surface area contributed by atoms with E-state index in [2.05, 4.69) is 4.98 Å². The van der Waals surface area contributed by atoms with E-state index in [1.54, 1.807) is 31.3 Å². The van der Waals surface area contributed by atoms with E-state index in [1.807, 2.05) is 6.07 Å². The Kier molecular flexibility index (Phi) is 3.76. The lowest BCUT2D eigenvalue weighted by atomic mass is 10.2. The lowest BCUT2D eigenvalue weighted by Crippen LogP contribution is -1.94. The van der Waals surface area contributed by atoms with E-state index < -0.39 is 6.10 Å². The number of halogens is 1. The van der Waals surface area contributed by atoms with Crippen molar-refractivity contribution in [1.82, 2.24) is 4.98 Å². The summed E-state index contributed by atoms with van der Waals surface area (Å²) in [7, 11) is 0. The minimum absolute atomic E-state index is 0.239. The molecule has 1 heterocycles. The zero-order valence-electron chi connectivity index (χ0n) is 9.30. The molecule has 1 aromatic heterocycles. The van der Waals surface area contributed by atoms with Crippen molar-refractivity contribution in [1.29, 1.82) is 0 Å². The average Bonchev–Trinajstić information content (AvgIpc) is 2.33. The highest BCUT2D eigenvalue weighted by Crippen LogP contribution is 2.27. The van der Waals surface area contributed by atoms with Gasteiger partial charge in [-0.1, -0.05) is 11.8 Å². The first-order valence-electron chi connectivity index (χ1n) is 5.22. The number of aromatic nitrogens is 1. The molecule has 0 radical (unpaired) electrons. The van der Waals surface area contributed by atoms with Crippen molar-refractivity contribution in [2.75, 3.05) is 0 Å². The monoisotopic (exact) mass is 249 g/mol. The number of pyridine rings is 1. The van der Waals surface area contributed by atoms with E-state index in [0.29, 0.717) is 5.69 Å². The van der Waals surface area contributed by atoms with E-state index in [4.69, 9.17) is 0 Å². The molecule has 0 aliphatic carbocycles. The largest absolute Gasteiger partial charge is 0.387 e. The van der Waals surface area contributed by atoms with Gasteiger partial charge in [0.1, 0.15) is 5.82 Å². The van der Waals surface area contributed by atoms with Crippen LogP contribution in [0.1, 0.15) is 18.7 Å². The van der Waals surface area contributed by atoms with Gasteiger partial charge < -0.3 is 5.11 Å². The summed E-state index contributed by atoms with van der Waals surface area (Å²) >= 11 is 1.51. The number of hydrogen-bond donors (Lipinski definition) is 1. The van der Waals surface area contributed by atoms with Crippen LogP contribution in [0.5, 0.6) is 0 Å². The Labute approximate surface area is 104 Å². The topological polar surface area (TPSA) is 33.1 Å². The maximum Gasteiger partial charge on any atom is 0.123 e. The van der Waals surface area contributed by atoms with Crippen LogP contribution in [0.2, 0.25) is 0 Å².